The number of nitrogens with one attached hydrogen (secondary N) is 1. The highest BCUT2D eigenvalue weighted by Crippen LogP contribution is 2.36. The van der Waals surface area contributed by atoms with E-state index in [1.807, 2.05) is 26.0 Å². The van der Waals surface area contributed by atoms with E-state index in [0.29, 0.717) is 12.0 Å². The van der Waals surface area contributed by atoms with Gasteiger partial charge < -0.3 is 15.5 Å². The van der Waals surface area contributed by atoms with Crippen molar-refractivity contribution in [3.05, 3.63) is 70.8 Å². The number of β-amino-alcohol motifs (C(OH)–C–C–N with tert-alkyl or cyclic N) is 1. The van der Waals surface area contributed by atoms with E-state index in [0.717, 1.165) is 41.8 Å². The third-order valence-electron chi connectivity index (χ3n) is 7.58. The molecule has 0 bridgehead atoms. The van der Waals surface area contributed by atoms with Crippen molar-refractivity contribution in [2.45, 2.75) is 76.1 Å². The second-order valence-electron chi connectivity index (χ2n) is 12.6. The van der Waals surface area contributed by atoms with Crippen molar-refractivity contribution in [2.24, 2.45) is 11.3 Å². The van der Waals surface area contributed by atoms with Gasteiger partial charge in [-0.3, -0.25) is 4.79 Å². The largest absolute Gasteiger partial charge is 0.481 e. The first-order chi connectivity index (χ1) is 19.3. The number of sulfonamides is 1. The molecule has 0 amide bonds. The SMILES string of the molecule is CN(C[C@H](O)CNC(C)(C)CC1Cc2ccccc2C1)S(=O)(=O)c1ccc(C=CC(C)(C)CC(=O)O)c(C(F)(F)F)c1. The number of benzene rings is 2. The lowest BCUT2D eigenvalue weighted by atomic mass is 9.88. The number of carbonyl (C=O) groups is 1. The minimum atomic E-state index is -4.85. The standard InChI is InChI=1S/C31H41F3N2O5S/c1-29(2,18-28(38)39)13-12-22-10-11-26(16-27(22)31(32,33)34)42(40,41)36(5)20-25(37)19-35-30(3,4)17-21-14-23-8-6-7-9-24(23)15-21/h6-13,16,21,25,35,37H,14-15,17-20H2,1-5H3,(H,38,39)/t25-/m1/s1. The molecule has 11 heteroatoms. The number of hydrogen-bond acceptors (Lipinski definition) is 5. The number of halogens is 3. The Morgan fingerprint density at radius 2 is 1.69 bits per heavy atom. The van der Waals surface area contributed by atoms with E-state index in [-0.39, 0.29) is 30.6 Å². The highest BCUT2D eigenvalue weighted by molar-refractivity contribution is 7.89. The van der Waals surface area contributed by atoms with Crippen LogP contribution in [0.5, 0.6) is 0 Å². The first kappa shape index (κ1) is 33.8. The van der Waals surface area contributed by atoms with Crippen molar-refractivity contribution < 1.29 is 36.6 Å². The van der Waals surface area contributed by atoms with Crippen LogP contribution in [0.1, 0.15) is 62.8 Å². The van der Waals surface area contributed by atoms with Gasteiger partial charge in [0.05, 0.1) is 23.0 Å². The summed E-state index contributed by atoms with van der Waals surface area (Å²) in [6.45, 7) is 7.01. The number of allylic oxidation sites excluding steroid dienone is 1. The number of hydrogen-bond donors (Lipinski definition) is 3. The van der Waals surface area contributed by atoms with Gasteiger partial charge in [-0.15, -0.1) is 0 Å². The van der Waals surface area contributed by atoms with Crippen molar-refractivity contribution in [1.29, 1.82) is 0 Å². The van der Waals surface area contributed by atoms with Crippen molar-refractivity contribution in [3.8, 4) is 0 Å². The minimum absolute atomic E-state index is 0.107. The normalized spacial score (nSPS) is 15.9. The van der Waals surface area contributed by atoms with Crippen LogP contribution in [0.15, 0.2) is 53.4 Å². The molecule has 0 aliphatic heterocycles. The summed E-state index contributed by atoms with van der Waals surface area (Å²) < 4.78 is 68.9. The Kier molecular flexibility index (Phi) is 10.3. The molecule has 0 aromatic heterocycles. The fraction of sp³-hybridized carbons (Fsp3) is 0.516. The van der Waals surface area contributed by atoms with E-state index in [1.165, 1.54) is 24.3 Å². The number of aliphatic hydroxyl groups is 1. The minimum Gasteiger partial charge on any atom is -0.481 e. The number of fused-ring (bicyclic) bond motifs is 1. The molecule has 0 spiro atoms. The Hall–Kier alpha value is -2.73. The molecule has 2 aromatic carbocycles. The van der Waals surface area contributed by atoms with Gasteiger partial charge in [0.1, 0.15) is 0 Å². The van der Waals surface area contributed by atoms with Crippen LogP contribution in [0, 0.1) is 11.3 Å². The lowest BCUT2D eigenvalue weighted by Gasteiger charge is -2.31. The monoisotopic (exact) mass is 610 g/mol. The summed E-state index contributed by atoms with van der Waals surface area (Å²) in [5.41, 5.74) is 0.0296. The molecule has 0 unspecified atom stereocenters. The number of carboxylic acids is 1. The van der Waals surface area contributed by atoms with E-state index in [9.17, 15) is 31.5 Å². The molecule has 42 heavy (non-hydrogen) atoms. The molecular formula is C31H41F3N2O5S. The predicted molar refractivity (Wildman–Crippen MR) is 156 cm³/mol. The van der Waals surface area contributed by atoms with Gasteiger partial charge in [0, 0.05) is 25.7 Å². The molecule has 232 valence electrons. The summed E-state index contributed by atoms with van der Waals surface area (Å²) in [5.74, 6) is -0.639. The van der Waals surface area contributed by atoms with Gasteiger partial charge in [0.15, 0.2) is 0 Å². The number of nitrogens with zero attached hydrogens (tertiary/aromatic N) is 1. The predicted octanol–water partition coefficient (Wildman–Crippen LogP) is 5.37. The molecule has 1 aliphatic rings. The maximum absolute atomic E-state index is 13.9. The van der Waals surface area contributed by atoms with Gasteiger partial charge in [0.25, 0.3) is 0 Å². The molecule has 0 saturated heterocycles. The van der Waals surface area contributed by atoms with Crippen LogP contribution in [-0.4, -0.2) is 60.7 Å². The van der Waals surface area contributed by atoms with E-state index < -0.39 is 44.1 Å². The summed E-state index contributed by atoms with van der Waals surface area (Å²) in [6, 6.07) is 11.1. The summed E-state index contributed by atoms with van der Waals surface area (Å²) in [4.78, 5) is 10.5. The smallest absolute Gasteiger partial charge is 0.417 e. The van der Waals surface area contributed by atoms with E-state index in [1.54, 1.807) is 13.8 Å². The first-order valence-corrected chi connectivity index (χ1v) is 15.3. The molecule has 0 saturated carbocycles. The molecule has 0 radical (unpaired) electrons. The van der Waals surface area contributed by atoms with Crippen LogP contribution in [0.25, 0.3) is 6.08 Å². The van der Waals surface area contributed by atoms with E-state index >= 15 is 0 Å². The summed E-state index contributed by atoms with van der Waals surface area (Å²) in [7, 11) is -3.13. The van der Waals surface area contributed by atoms with Crippen molar-refractivity contribution in [3.63, 3.8) is 0 Å². The van der Waals surface area contributed by atoms with Crippen LogP contribution < -0.4 is 5.32 Å². The Morgan fingerprint density at radius 3 is 2.24 bits per heavy atom. The quantitative estimate of drug-likeness (QED) is 0.282. The lowest BCUT2D eigenvalue weighted by molar-refractivity contribution is -0.139. The number of carboxylic acid groups (broad SMARTS) is 1. The number of aliphatic carboxylic acids is 1. The second kappa shape index (κ2) is 12.9. The highest BCUT2D eigenvalue weighted by Gasteiger charge is 2.35. The molecule has 1 aliphatic carbocycles. The fourth-order valence-corrected chi connectivity index (χ4v) is 6.71. The maximum atomic E-state index is 13.9. The van der Waals surface area contributed by atoms with Crippen LogP contribution in [0.3, 0.4) is 0 Å². The van der Waals surface area contributed by atoms with E-state index in [2.05, 4.69) is 17.4 Å². The Balaban J connectivity index is 1.65. The third-order valence-corrected chi connectivity index (χ3v) is 9.40. The van der Waals surface area contributed by atoms with E-state index in [4.69, 9.17) is 5.11 Å². The first-order valence-electron chi connectivity index (χ1n) is 13.9. The average molecular weight is 611 g/mol. The van der Waals surface area contributed by atoms with Gasteiger partial charge in [-0.05, 0) is 73.3 Å². The van der Waals surface area contributed by atoms with Crippen molar-refractivity contribution >= 4 is 22.1 Å². The number of aliphatic hydroxyl groups excluding tert-OH is 1. The second-order valence-corrected chi connectivity index (χ2v) is 14.6. The Morgan fingerprint density at radius 1 is 1.10 bits per heavy atom. The van der Waals surface area contributed by atoms with Crippen LogP contribution in [0.2, 0.25) is 0 Å². The summed E-state index contributed by atoms with van der Waals surface area (Å²) in [6.07, 6.45) is -0.876. The Bertz CT molecular complexity index is 1380. The van der Waals surface area contributed by atoms with Gasteiger partial charge in [-0.25, -0.2) is 8.42 Å². The van der Waals surface area contributed by atoms with Crippen LogP contribution in [0.4, 0.5) is 13.2 Å². The number of rotatable bonds is 13. The third kappa shape index (κ3) is 9.13. The summed E-state index contributed by atoms with van der Waals surface area (Å²) >= 11 is 0. The van der Waals surface area contributed by atoms with Crippen molar-refractivity contribution in [2.75, 3.05) is 20.1 Å². The lowest BCUT2D eigenvalue weighted by Crippen LogP contribution is -2.47. The zero-order valence-corrected chi connectivity index (χ0v) is 25.5. The molecule has 0 heterocycles. The maximum Gasteiger partial charge on any atom is 0.417 e. The average Bonchev–Trinajstić information content (AvgIpc) is 3.26. The molecule has 7 nitrogen and oxygen atoms in total. The fourth-order valence-electron chi connectivity index (χ4n) is 5.47. The molecule has 2 aromatic rings. The zero-order chi connectivity index (χ0) is 31.5. The van der Waals surface area contributed by atoms with Crippen LogP contribution in [-0.2, 0) is 33.8 Å². The number of likely N-dealkylation sites (N-methyl/N-ethyl adjacent to an activating group) is 1. The molecule has 0 fully saturated rings. The summed E-state index contributed by atoms with van der Waals surface area (Å²) in [5, 5.41) is 23.0. The number of alkyl halides is 3. The van der Waals surface area contributed by atoms with Gasteiger partial charge in [-0.1, -0.05) is 56.3 Å². The van der Waals surface area contributed by atoms with Crippen LogP contribution >= 0.6 is 0 Å². The van der Waals surface area contributed by atoms with Crippen molar-refractivity contribution in [1.82, 2.24) is 9.62 Å². The van der Waals surface area contributed by atoms with Gasteiger partial charge in [0.2, 0.25) is 10.0 Å². The van der Waals surface area contributed by atoms with Gasteiger partial charge >= 0.3 is 12.1 Å². The highest BCUT2D eigenvalue weighted by atomic mass is 32.2. The molecule has 3 rings (SSSR count). The molecule has 3 N–H and O–H groups in total. The Labute approximate surface area is 246 Å². The zero-order valence-electron chi connectivity index (χ0n) is 24.7. The topological polar surface area (TPSA) is 107 Å². The van der Waals surface area contributed by atoms with Gasteiger partial charge in [-0.2, -0.15) is 17.5 Å². The molecular weight excluding hydrogens is 569 g/mol. The molecule has 1 atom stereocenters.